The summed E-state index contributed by atoms with van der Waals surface area (Å²) < 4.78 is 1.15. The Bertz CT molecular complexity index is 664. The molecule has 8 heteroatoms. The molecule has 0 aliphatic carbocycles. The highest BCUT2D eigenvalue weighted by Crippen LogP contribution is 2.28. The lowest BCUT2D eigenvalue weighted by atomic mass is 10.3. The third-order valence-corrected chi connectivity index (χ3v) is 5.29. The van der Waals surface area contributed by atoms with Crippen molar-refractivity contribution in [1.29, 1.82) is 0 Å². The number of hydrogen-bond donors (Lipinski definition) is 2. The van der Waals surface area contributed by atoms with Gasteiger partial charge in [0, 0.05) is 42.2 Å². The predicted molar refractivity (Wildman–Crippen MR) is 116 cm³/mol. The van der Waals surface area contributed by atoms with Crippen LogP contribution in [0.4, 0.5) is 5.69 Å². The Kier molecular flexibility index (Phi) is 7.76. The van der Waals surface area contributed by atoms with Crippen molar-refractivity contribution in [3.63, 3.8) is 0 Å². The van der Waals surface area contributed by atoms with Crippen molar-refractivity contribution >= 4 is 62.9 Å². The highest BCUT2D eigenvalue weighted by Gasteiger charge is 2.24. The molecule has 0 saturated carbocycles. The first-order valence-electron chi connectivity index (χ1n) is 7.61. The zero-order valence-electron chi connectivity index (χ0n) is 13.4. The average Bonchev–Trinajstić information content (AvgIpc) is 3.23. The van der Waals surface area contributed by atoms with Crippen LogP contribution in [0, 0.1) is 0 Å². The molecule has 0 spiro atoms. The monoisotopic (exact) mass is 521 g/mol. The molecule has 2 N–H and O–H groups in total. The van der Waals surface area contributed by atoms with E-state index in [0.29, 0.717) is 12.6 Å². The van der Waals surface area contributed by atoms with Gasteiger partial charge in [-0.25, -0.2) is 4.98 Å². The van der Waals surface area contributed by atoms with Gasteiger partial charge in [0.2, 0.25) is 0 Å². The SMILES string of the molecule is CN=C(NCc1nccs1)NC1CCN(c2ccccc2Br)C1.I. The van der Waals surface area contributed by atoms with Crippen molar-refractivity contribution in [1.82, 2.24) is 15.6 Å². The first kappa shape index (κ1) is 19.5. The maximum Gasteiger partial charge on any atom is 0.191 e. The van der Waals surface area contributed by atoms with E-state index in [2.05, 4.69) is 59.6 Å². The van der Waals surface area contributed by atoms with Gasteiger partial charge >= 0.3 is 0 Å². The van der Waals surface area contributed by atoms with Crippen molar-refractivity contribution in [3.05, 3.63) is 45.3 Å². The molecule has 0 amide bonds. The molecule has 1 atom stereocenters. The average molecular weight is 522 g/mol. The summed E-state index contributed by atoms with van der Waals surface area (Å²) in [6.07, 6.45) is 2.92. The molecule has 1 saturated heterocycles. The molecule has 1 aliphatic rings. The first-order chi connectivity index (χ1) is 11.3. The second-order valence-corrected chi connectivity index (χ2v) is 7.21. The Morgan fingerprint density at radius 3 is 3.00 bits per heavy atom. The van der Waals surface area contributed by atoms with Crippen LogP contribution in [0.15, 0.2) is 45.3 Å². The normalized spacial score (nSPS) is 17.5. The minimum Gasteiger partial charge on any atom is -0.368 e. The molecular formula is C16H21BrIN5S. The molecule has 3 rings (SSSR count). The van der Waals surface area contributed by atoms with Crippen molar-refractivity contribution in [2.45, 2.75) is 19.0 Å². The largest absolute Gasteiger partial charge is 0.368 e. The summed E-state index contributed by atoms with van der Waals surface area (Å²) in [6.45, 7) is 2.72. The van der Waals surface area contributed by atoms with E-state index in [0.717, 1.165) is 35.0 Å². The maximum absolute atomic E-state index is 4.31. The molecule has 1 fully saturated rings. The van der Waals surface area contributed by atoms with E-state index < -0.39 is 0 Å². The number of thiazole rings is 1. The van der Waals surface area contributed by atoms with Gasteiger partial charge in [-0.15, -0.1) is 35.3 Å². The molecule has 0 radical (unpaired) electrons. The number of nitrogens with one attached hydrogen (secondary N) is 2. The number of benzene rings is 1. The summed E-state index contributed by atoms with van der Waals surface area (Å²) in [5, 5.41) is 9.88. The summed E-state index contributed by atoms with van der Waals surface area (Å²) >= 11 is 5.28. The zero-order chi connectivity index (χ0) is 16.1. The van der Waals surface area contributed by atoms with Crippen LogP contribution in [0.3, 0.4) is 0 Å². The second-order valence-electron chi connectivity index (χ2n) is 5.38. The summed E-state index contributed by atoms with van der Waals surface area (Å²) in [4.78, 5) is 11.0. The third-order valence-electron chi connectivity index (χ3n) is 3.84. The zero-order valence-corrected chi connectivity index (χ0v) is 18.1. The minimum atomic E-state index is 0. The van der Waals surface area contributed by atoms with E-state index in [4.69, 9.17) is 0 Å². The number of rotatable bonds is 4. The lowest BCUT2D eigenvalue weighted by molar-refractivity contribution is 0.648. The van der Waals surface area contributed by atoms with Gasteiger partial charge in [0.15, 0.2) is 5.96 Å². The van der Waals surface area contributed by atoms with E-state index in [1.807, 2.05) is 17.6 Å². The Hall–Kier alpha value is -0.870. The van der Waals surface area contributed by atoms with Gasteiger partial charge in [-0.05, 0) is 34.5 Å². The standard InChI is InChI=1S/C16H20BrN5S.HI/c1-18-16(20-10-15-19-7-9-23-15)21-12-6-8-22(11-12)14-5-3-2-4-13(14)17;/h2-5,7,9,12H,6,8,10-11H2,1H3,(H2,18,20,21);1H. The number of aromatic nitrogens is 1. The fourth-order valence-corrected chi connectivity index (χ4v) is 3.78. The van der Waals surface area contributed by atoms with Gasteiger partial charge in [0.25, 0.3) is 0 Å². The number of aliphatic imine (C=N–C) groups is 1. The van der Waals surface area contributed by atoms with Crippen LogP contribution < -0.4 is 15.5 Å². The van der Waals surface area contributed by atoms with E-state index in [-0.39, 0.29) is 24.0 Å². The Morgan fingerprint density at radius 2 is 2.29 bits per heavy atom. The van der Waals surface area contributed by atoms with Crippen LogP contribution in [0.1, 0.15) is 11.4 Å². The van der Waals surface area contributed by atoms with E-state index in [1.165, 1.54) is 5.69 Å². The first-order valence-corrected chi connectivity index (χ1v) is 9.28. The van der Waals surface area contributed by atoms with Crippen LogP contribution in [-0.2, 0) is 6.54 Å². The fourth-order valence-electron chi connectivity index (χ4n) is 2.69. The van der Waals surface area contributed by atoms with Gasteiger partial charge in [0.05, 0.1) is 12.2 Å². The van der Waals surface area contributed by atoms with E-state index in [9.17, 15) is 0 Å². The Labute approximate surface area is 172 Å². The number of para-hydroxylation sites is 1. The van der Waals surface area contributed by atoms with Gasteiger partial charge < -0.3 is 15.5 Å². The van der Waals surface area contributed by atoms with Crippen molar-refractivity contribution in [2.24, 2.45) is 4.99 Å². The fraction of sp³-hybridized carbons (Fsp3) is 0.375. The van der Waals surface area contributed by atoms with Crippen LogP contribution >= 0.6 is 51.2 Å². The predicted octanol–water partition coefficient (Wildman–Crippen LogP) is 3.47. The summed E-state index contributed by atoms with van der Waals surface area (Å²) in [5.41, 5.74) is 1.25. The van der Waals surface area contributed by atoms with Gasteiger partial charge in [-0.2, -0.15) is 0 Å². The van der Waals surface area contributed by atoms with Crippen LogP contribution in [-0.4, -0.2) is 37.1 Å². The van der Waals surface area contributed by atoms with Gasteiger partial charge in [-0.1, -0.05) is 12.1 Å². The molecule has 0 bridgehead atoms. The molecule has 5 nitrogen and oxygen atoms in total. The minimum absolute atomic E-state index is 0. The van der Waals surface area contributed by atoms with Crippen molar-refractivity contribution in [2.75, 3.05) is 25.0 Å². The number of hydrogen-bond acceptors (Lipinski definition) is 4. The molecule has 24 heavy (non-hydrogen) atoms. The smallest absolute Gasteiger partial charge is 0.191 e. The molecular weight excluding hydrogens is 501 g/mol. The van der Waals surface area contributed by atoms with E-state index >= 15 is 0 Å². The van der Waals surface area contributed by atoms with Crippen molar-refractivity contribution < 1.29 is 0 Å². The lowest BCUT2D eigenvalue weighted by Crippen LogP contribution is -2.44. The molecule has 1 aromatic heterocycles. The second kappa shape index (κ2) is 9.57. The molecule has 2 heterocycles. The molecule has 2 aromatic rings. The Balaban J connectivity index is 0.00000208. The highest BCUT2D eigenvalue weighted by molar-refractivity contribution is 14.0. The van der Waals surface area contributed by atoms with Gasteiger partial charge in [0.1, 0.15) is 5.01 Å². The number of anilines is 1. The molecule has 1 aliphatic heterocycles. The number of nitrogens with zero attached hydrogens (tertiary/aromatic N) is 3. The Morgan fingerprint density at radius 1 is 1.46 bits per heavy atom. The maximum atomic E-state index is 4.31. The summed E-state index contributed by atoms with van der Waals surface area (Å²) in [7, 11) is 1.80. The van der Waals surface area contributed by atoms with Gasteiger partial charge in [-0.3, -0.25) is 4.99 Å². The molecule has 1 unspecified atom stereocenters. The van der Waals surface area contributed by atoms with Crippen LogP contribution in [0.5, 0.6) is 0 Å². The molecule has 130 valence electrons. The third kappa shape index (κ3) is 5.06. The quantitative estimate of drug-likeness (QED) is 0.367. The van der Waals surface area contributed by atoms with Crippen LogP contribution in [0.25, 0.3) is 0 Å². The topological polar surface area (TPSA) is 52.6 Å². The number of halogens is 2. The van der Waals surface area contributed by atoms with Crippen LogP contribution in [0.2, 0.25) is 0 Å². The summed E-state index contributed by atoms with van der Waals surface area (Å²) in [5.74, 6) is 0.833. The number of guanidine groups is 1. The molecule has 1 aromatic carbocycles. The van der Waals surface area contributed by atoms with E-state index in [1.54, 1.807) is 18.4 Å². The lowest BCUT2D eigenvalue weighted by Gasteiger charge is -2.21. The highest BCUT2D eigenvalue weighted by atomic mass is 127. The summed E-state index contributed by atoms with van der Waals surface area (Å²) in [6, 6.07) is 8.76. The van der Waals surface area contributed by atoms with Crippen molar-refractivity contribution in [3.8, 4) is 0 Å².